The van der Waals surface area contributed by atoms with E-state index in [0.29, 0.717) is 17.0 Å². The minimum Gasteiger partial charge on any atom is -0.362 e. The molecule has 1 saturated carbocycles. The minimum atomic E-state index is -0.163. The summed E-state index contributed by atoms with van der Waals surface area (Å²) in [6.07, 6.45) is 10.3. The Bertz CT molecular complexity index is 1610. The number of benzene rings is 3. The van der Waals surface area contributed by atoms with Gasteiger partial charge in [0, 0.05) is 37.0 Å². The molecule has 0 amide bonds. The van der Waals surface area contributed by atoms with Crippen molar-refractivity contribution >= 4 is 27.5 Å². The SMILES string of the molecule is CN(C)c1nc(CCC23CCCN2CCC3)nc2c(F)c(-c3cccc4ccc5c(c34)C5)c(C3CC3)cc12. The van der Waals surface area contributed by atoms with Gasteiger partial charge in [-0.25, -0.2) is 14.4 Å². The van der Waals surface area contributed by atoms with Crippen molar-refractivity contribution in [2.24, 2.45) is 0 Å². The van der Waals surface area contributed by atoms with Crippen molar-refractivity contribution in [3.63, 3.8) is 0 Å². The van der Waals surface area contributed by atoms with E-state index >= 15 is 4.39 Å². The smallest absolute Gasteiger partial charge is 0.157 e. The number of hydrogen-bond donors (Lipinski definition) is 0. The fourth-order valence-electron chi connectivity index (χ4n) is 7.70. The fraction of sp³-hybridized carbons (Fsp3) is 0.455. The number of anilines is 1. The van der Waals surface area contributed by atoms with Gasteiger partial charge in [-0.3, -0.25) is 4.90 Å². The van der Waals surface area contributed by atoms with E-state index in [1.165, 1.54) is 60.7 Å². The molecule has 1 aromatic heterocycles. The molecule has 0 bridgehead atoms. The van der Waals surface area contributed by atoms with Crippen LogP contribution in [0.3, 0.4) is 0 Å². The van der Waals surface area contributed by atoms with Gasteiger partial charge in [-0.15, -0.1) is 0 Å². The van der Waals surface area contributed by atoms with Crippen molar-refractivity contribution in [1.82, 2.24) is 14.9 Å². The molecule has 0 radical (unpaired) electrons. The van der Waals surface area contributed by atoms with Crippen LogP contribution in [0.4, 0.5) is 10.2 Å². The van der Waals surface area contributed by atoms with Gasteiger partial charge >= 0.3 is 0 Å². The Hall–Kier alpha value is -3.05. The van der Waals surface area contributed by atoms with Crippen LogP contribution in [0.25, 0.3) is 32.8 Å². The van der Waals surface area contributed by atoms with Crippen LogP contribution in [-0.4, -0.2) is 47.6 Å². The second-order valence-corrected chi connectivity index (χ2v) is 12.4. The molecule has 2 saturated heterocycles. The van der Waals surface area contributed by atoms with E-state index in [0.717, 1.165) is 65.8 Å². The molecule has 4 nitrogen and oxygen atoms in total. The molecule has 3 heterocycles. The molecular weight excluding hydrogens is 471 g/mol. The van der Waals surface area contributed by atoms with Crippen LogP contribution >= 0.6 is 0 Å². The van der Waals surface area contributed by atoms with Gasteiger partial charge in [0.1, 0.15) is 17.2 Å². The van der Waals surface area contributed by atoms with E-state index in [2.05, 4.69) is 41.3 Å². The summed E-state index contributed by atoms with van der Waals surface area (Å²) < 4.78 is 16.9. The Balaban J connectivity index is 1.30. The van der Waals surface area contributed by atoms with Gasteiger partial charge in [0.25, 0.3) is 0 Å². The average Bonchev–Trinajstić information content (AvgIpc) is 3.83. The van der Waals surface area contributed by atoms with E-state index < -0.39 is 0 Å². The highest BCUT2D eigenvalue weighted by Gasteiger charge is 2.43. The number of hydrogen-bond acceptors (Lipinski definition) is 4. The molecule has 0 spiro atoms. The molecule has 0 N–H and O–H groups in total. The molecule has 8 rings (SSSR count). The van der Waals surface area contributed by atoms with E-state index in [1.54, 1.807) is 0 Å². The van der Waals surface area contributed by atoms with Crippen LogP contribution < -0.4 is 4.90 Å². The first-order valence-electron chi connectivity index (χ1n) is 14.5. The summed E-state index contributed by atoms with van der Waals surface area (Å²) in [5.41, 5.74) is 6.51. The van der Waals surface area contributed by atoms with Crippen LogP contribution in [0.1, 0.15) is 73.4 Å². The Kier molecular flexibility index (Phi) is 4.95. The Labute approximate surface area is 223 Å². The minimum absolute atomic E-state index is 0.163. The zero-order valence-corrected chi connectivity index (χ0v) is 22.5. The summed E-state index contributed by atoms with van der Waals surface area (Å²) in [6.45, 7) is 2.44. The molecule has 5 heteroatoms. The monoisotopic (exact) mass is 506 g/mol. The summed E-state index contributed by atoms with van der Waals surface area (Å²) in [6, 6.07) is 13.0. The van der Waals surface area contributed by atoms with Crippen molar-refractivity contribution < 1.29 is 4.39 Å². The van der Waals surface area contributed by atoms with Crippen LogP contribution in [0.2, 0.25) is 0 Å². The van der Waals surface area contributed by atoms with Gasteiger partial charge in [0.05, 0.1) is 0 Å². The first-order valence-corrected chi connectivity index (χ1v) is 14.5. The molecule has 2 aliphatic heterocycles. The quantitative estimate of drug-likeness (QED) is 0.248. The third-order valence-electron chi connectivity index (χ3n) is 9.82. The zero-order chi connectivity index (χ0) is 25.6. The predicted octanol–water partition coefficient (Wildman–Crippen LogP) is 7.00. The standard InChI is InChI=1S/C33H35FN4/c1-37(2)32-26-19-25(20-8-9-20)29(23-7-3-6-21-10-11-22-18-24(22)28(21)23)30(34)31(26)35-27(36-32)12-15-33-13-4-16-38(33)17-5-14-33/h3,6-7,10-11,19-20H,4-5,8-9,12-18H2,1-2H3. The van der Waals surface area contributed by atoms with Gasteiger partial charge in [-0.05, 0) is 109 Å². The summed E-state index contributed by atoms with van der Waals surface area (Å²) in [7, 11) is 4.03. The molecule has 0 unspecified atom stereocenters. The molecule has 38 heavy (non-hydrogen) atoms. The van der Waals surface area contributed by atoms with E-state index in [1.807, 2.05) is 19.0 Å². The van der Waals surface area contributed by atoms with Gasteiger partial charge in [-0.2, -0.15) is 0 Å². The highest BCUT2D eigenvalue weighted by molar-refractivity contribution is 6.05. The number of fused-ring (bicyclic) bond motifs is 5. The maximum atomic E-state index is 16.9. The third-order valence-corrected chi connectivity index (χ3v) is 9.82. The Morgan fingerprint density at radius 2 is 1.87 bits per heavy atom. The van der Waals surface area contributed by atoms with E-state index in [4.69, 9.17) is 9.97 Å². The predicted molar refractivity (Wildman–Crippen MR) is 153 cm³/mol. The van der Waals surface area contributed by atoms with Crippen molar-refractivity contribution in [3.05, 3.63) is 64.7 Å². The fourth-order valence-corrected chi connectivity index (χ4v) is 7.70. The van der Waals surface area contributed by atoms with Crippen LogP contribution in [-0.2, 0) is 12.8 Å². The van der Waals surface area contributed by atoms with Gasteiger partial charge in [-0.1, -0.05) is 30.3 Å². The molecule has 194 valence electrons. The number of aromatic nitrogens is 2. The third kappa shape index (κ3) is 3.44. The second kappa shape index (κ2) is 8.22. The number of aryl methyl sites for hydroxylation is 1. The first-order chi connectivity index (χ1) is 18.5. The van der Waals surface area contributed by atoms with Gasteiger partial charge in [0.15, 0.2) is 5.82 Å². The lowest BCUT2D eigenvalue weighted by atomic mass is 9.88. The summed E-state index contributed by atoms with van der Waals surface area (Å²) in [5.74, 6) is 1.87. The molecule has 4 aliphatic rings. The number of rotatable bonds is 6. The average molecular weight is 507 g/mol. The lowest BCUT2D eigenvalue weighted by molar-refractivity contribution is 0.182. The highest BCUT2D eigenvalue weighted by Crippen LogP contribution is 2.50. The number of nitrogens with zero attached hydrogens (tertiary/aromatic N) is 4. The largest absolute Gasteiger partial charge is 0.362 e. The van der Waals surface area contributed by atoms with E-state index in [9.17, 15) is 0 Å². The Morgan fingerprint density at radius 1 is 1.05 bits per heavy atom. The van der Waals surface area contributed by atoms with Crippen LogP contribution in [0.5, 0.6) is 0 Å². The molecule has 4 aromatic rings. The Morgan fingerprint density at radius 3 is 2.63 bits per heavy atom. The molecule has 0 atom stereocenters. The van der Waals surface area contributed by atoms with Crippen molar-refractivity contribution in [1.29, 1.82) is 0 Å². The normalized spacial score (nSPS) is 19.8. The summed E-state index contributed by atoms with van der Waals surface area (Å²) in [5, 5.41) is 3.28. The van der Waals surface area contributed by atoms with Crippen molar-refractivity contribution in [3.8, 4) is 11.1 Å². The topological polar surface area (TPSA) is 32.3 Å². The van der Waals surface area contributed by atoms with Crippen molar-refractivity contribution in [2.45, 2.75) is 69.2 Å². The lowest BCUT2D eigenvalue weighted by Crippen LogP contribution is -2.38. The molecular formula is C33H35FN4. The van der Waals surface area contributed by atoms with Gasteiger partial charge < -0.3 is 4.90 Å². The zero-order valence-electron chi connectivity index (χ0n) is 22.5. The highest BCUT2D eigenvalue weighted by atomic mass is 19.1. The van der Waals surface area contributed by atoms with E-state index in [-0.39, 0.29) is 5.82 Å². The maximum Gasteiger partial charge on any atom is 0.157 e. The van der Waals surface area contributed by atoms with Crippen LogP contribution in [0, 0.1) is 5.82 Å². The lowest BCUT2D eigenvalue weighted by Gasteiger charge is -2.32. The van der Waals surface area contributed by atoms with Crippen molar-refractivity contribution in [2.75, 3.05) is 32.1 Å². The number of halogens is 1. The first kappa shape index (κ1) is 22.9. The molecule has 2 aliphatic carbocycles. The van der Waals surface area contributed by atoms with Gasteiger partial charge in [0.2, 0.25) is 0 Å². The second-order valence-electron chi connectivity index (χ2n) is 12.4. The summed E-state index contributed by atoms with van der Waals surface area (Å²) >= 11 is 0. The molecule has 3 aromatic carbocycles. The summed E-state index contributed by atoms with van der Waals surface area (Å²) in [4.78, 5) is 14.7. The maximum absolute atomic E-state index is 16.9. The molecule has 3 fully saturated rings. The van der Waals surface area contributed by atoms with Crippen LogP contribution in [0.15, 0.2) is 36.4 Å².